The van der Waals surface area contributed by atoms with Crippen molar-refractivity contribution in [1.29, 1.82) is 0 Å². The Morgan fingerprint density at radius 2 is 2.17 bits per heavy atom. The van der Waals surface area contributed by atoms with Crippen LogP contribution in [0, 0.1) is 5.92 Å². The van der Waals surface area contributed by atoms with E-state index in [9.17, 15) is 18.0 Å². The summed E-state index contributed by atoms with van der Waals surface area (Å²) in [6.07, 6.45) is 0.304. The van der Waals surface area contributed by atoms with Crippen molar-refractivity contribution in [3.05, 3.63) is 41.6 Å². The fourth-order valence-electron chi connectivity index (χ4n) is 4.46. The van der Waals surface area contributed by atoms with Crippen molar-refractivity contribution in [3.8, 4) is 0 Å². The normalized spacial score (nSPS) is 22.9. The Kier molecular flexibility index (Phi) is 5.19. The summed E-state index contributed by atoms with van der Waals surface area (Å²) in [6.45, 7) is 4.13. The highest BCUT2D eigenvalue weighted by atomic mass is 19.4. The zero-order valence-corrected chi connectivity index (χ0v) is 16.6. The van der Waals surface area contributed by atoms with Gasteiger partial charge in [0.2, 0.25) is 5.91 Å². The van der Waals surface area contributed by atoms with E-state index in [1.165, 1.54) is 0 Å². The van der Waals surface area contributed by atoms with Gasteiger partial charge < -0.3 is 10.3 Å². The van der Waals surface area contributed by atoms with Gasteiger partial charge in [-0.3, -0.25) is 9.69 Å². The number of nitrogens with zero attached hydrogens (tertiary/aromatic N) is 1. The number of fused-ring (bicyclic) bond motifs is 2. The molecule has 1 aliphatic heterocycles. The second-order valence-corrected chi connectivity index (χ2v) is 8.17. The maximum atomic E-state index is 13.0. The average molecular weight is 405 g/mol. The minimum Gasteiger partial charge on any atom is -0.361 e. The number of H-pyrrole nitrogens is 1. The van der Waals surface area contributed by atoms with E-state index in [2.05, 4.69) is 10.3 Å². The molecule has 1 aromatic heterocycles. The molecule has 1 amide bonds. The third-order valence-corrected chi connectivity index (χ3v) is 6.14. The number of nitrogens with one attached hydrogen (secondary N) is 2. The zero-order chi connectivity index (χ0) is 20.8. The predicted molar refractivity (Wildman–Crippen MR) is 107 cm³/mol. The molecule has 0 radical (unpaired) electrons. The summed E-state index contributed by atoms with van der Waals surface area (Å²) in [4.78, 5) is 17.9. The molecule has 0 saturated heterocycles. The SMILES string of the molecule is CCC(C)NC(=O)[C@@H]1C=C2c3cccc4[nH]cc(c34)C[C@H]2N(CCC(F)(F)F)C1. The van der Waals surface area contributed by atoms with Crippen molar-refractivity contribution in [2.24, 2.45) is 5.92 Å². The van der Waals surface area contributed by atoms with Gasteiger partial charge in [-0.2, -0.15) is 13.2 Å². The van der Waals surface area contributed by atoms with Gasteiger partial charge in [0.15, 0.2) is 0 Å². The molecule has 1 unspecified atom stereocenters. The highest BCUT2D eigenvalue weighted by molar-refractivity contribution is 5.99. The number of halogens is 3. The number of carbonyl (C=O) groups is 1. The lowest BCUT2D eigenvalue weighted by Crippen LogP contribution is -2.50. The molecule has 2 aromatic rings. The van der Waals surface area contributed by atoms with Crippen LogP contribution in [0.15, 0.2) is 30.5 Å². The van der Waals surface area contributed by atoms with Crippen LogP contribution in [0.25, 0.3) is 16.5 Å². The molecule has 2 N–H and O–H groups in total. The summed E-state index contributed by atoms with van der Waals surface area (Å²) in [5.41, 5.74) is 4.13. The molecule has 4 nitrogen and oxygen atoms in total. The average Bonchev–Trinajstić information content (AvgIpc) is 3.10. The molecular weight excluding hydrogens is 379 g/mol. The Morgan fingerprint density at radius 3 is 2.90 bits per heavy atom. The van der Waals surface area contributed by atoms with Gasteiger partial charge in [0, 0.05) is 42.3 Å². The molecule has 0 saturated carbocycles. The lowest BCUT2D eigenvalue weighted by Gasteiger charge is -2.42. The van der Waals surface area contributed by atoms with Crippen molar-refractivity contribution >= 4 is 22.4 Å². The van der Waals surface area contributed by atoms with E-state index in [1.54, 1.807) is 0 Å². The zero-order valence-electron chi connectivity index (χ0n) is 16.6. The van der Waals surface area contributed by atoms with Crippen LogP contribution in [0.4, 0.5) is 13.2 Å². The van der Waals surface area contributed by atoms with Gasteiger partial charge in [-0.15, -0.1) is 0 Å². The van der Waals surface area contributed by atoms with Crippen molar-refractivity contribution < 1.29 is 18.0 Å². The molecule has 4 rings (SSSR count). The summed E-state index contributed by atoms with van der Waals surface area (Å²) in [5.74, 6) is -0.575. The number of aromatic nitrogens is 1. The molecule has 0 spiro atoms. The van der Waals surface area contributed by atoms with Crippen molar-refractivity contribution in [2.75, 3.05) is 13.1 Å². The van der Waals surface area contributed by atoms with E-state index >= 15 is 0 Å². The third-order valence-electron chi connectivity index (χ3n) is 6.14. The Bertz CT molecular complexity index is 946. The first kappa shape index (κ1) is 20.0. The highest BCUT2D eigenvalue weighted by Gasteiger charge is 2.39. The van der Waals surface area contributed by atoms with Crippen LogP contribution in [0.2, 0.25) is 0 Å². The van der Waals surface area contributed by atoms with E-state index in [-0.39, 0.29) is 24.5 Å². The molecular formula is C22H26F3N3O. The Labute approximate surface area is 168 Å². The van der Waals surface area contributed by atoms with Crippen LogP contribution >= 0.6 is 0 Å². The Hall–Kier alpha value is -2.28. The number of carbonyl (C=O) groups excluding carboxylic acids is 1. The number of hydrogen-bond donors (Lipinski definition) is 2. The monoisotopic (exact) mass is 405 g/mol. The van der Waals surface area contributed by atoms with Crippen LogP contribution in [0.3, 0.4) is 0 Å². The standard InChI is InChI=1S/C22H26F3N3O/c1-3-13(2)27-21(29)15-9-17-16-5-4-6-18-20(16)14(11-26-18)10-19(17)28(12-15)8-7-22(23,24)25/h4-6,9,11,13,15,19,26H,3,7-8,10,12H2,1-2H3,(H,27,29)/t13?,15-,19-/m1/s1. The lowest BCUT2D eigenvalue weighted by molar-refractivity contribution is -0.139. The predicted octanol–water partition coefficient (Wildman–Crippen LogP) is 4.27. The van der Waals surface area contributed by atoms with Crippen LogP contribution < -0.4 is 5.32 Å². The Morgan fingerprint density at radius 1 is 1.38 bits per heavy atom. The second kappa shape index (κ2) is 7.52. The first-order valence-electron chi connectivity index (χ1n) is 10.2. The molecule has 156 valence electrons. The quantitative estimate of drug-likeness (QED) is 0.780. The van der Waals surface area contributed by atoms with Crippen LogP contribution in [0.1, 0.15) is 37.8 Å². The van der Waals surface area contributed by atoms with Gasteiger partial charge in [0.1, 0.15) is 0 Å². The van der Waals surface area contributed by atoms with Gasteiger partial charge in [-0.25, -0.2) is 0 Å². The number of rotatable bonds is 5. The molecule has 2 aliphatic rings. The topological polar surface area (TPSA) is 48.1 Å². The maximum Gasteiger partial charge on any atom is 0.390 e. The first-order chi connectivity index (χ1) is 13.8. The molecule has 0 fully saturated rings. The summed E-state index contributed by atoms with van der Waals surface area (Å²) in [7, 11) is 0. The second-order valence-electron chi connectivity index (χ2n) is 8.17. The Balaban J connectivity index is 1.71. The molecule has 7 heteroatoms. The first-order valence-corrected chi connectivity index (χ1v) is 10.2. The number of aromatic amines is 1. The molecule has 1 aliphatic carbocycles. The van der Waals surface area contributed by atoms with Gasteiger partial charge in [-0.1, -0.05) is 25.1 Å². The summed E-state index contributed by atoms with van der Waals surface area (Å²) in [6, 6.07) is 5.85. The number of benzene rings is 1. The largest absolute Gasteiger partial charge is 0.390 e. The number of alkyl halides is 3. The van der Waals surface area contributed by atoms with Gasteiger partial charge in [-0.05, 0) is 42.5 Å². The van der Waals surface area contributed by atoms with E-state index < -0.39 is 18.5 Å². The van der Waals surface area contributed by atoms with Crippen molar-refractivity contribution in [1.82, 2.24) is 15.2 Å². The highest BCUT2D eigenvalue weighted by Crippen LogP contribution is 2.41. The van der Waals surface area contributed by atoms with E-state index in [4.69, 9.17) is 0 Å². The fraction of sp³-hybridized carbons (Fsp3) is 0.500. The third kappa shape index (κ3) is 3.92. The van der Waals surface area contributed by atoms with Gasteiger partial charge >= 0.3 is 6.18 Å². The maximum absolute atomic E-state index is 13.0. The molecule has 0 bridgehead atoms. The fourth-order valence-corrected chi connectivity index (χ4v) is 4.46. The number of amides is 1. The molecule has 1 aromatic carbocycles. The smallest absolute Gasteiger partial charge is 0.361 e. The van der Waals surface area contributed by atoms with Gasteiger partial charge in [0.05, 0.1) is 12.3 Å². The van der Waals surface area contributed by atoms with Crippen molar-refractivity contribution in [3.63, 3.8) is 0 Å². The lowest BCUT2D eigenvalue weighted by atomic mass is 9.79. The summed E-state index contributed by atoms with van der Waals surface area (Å²) >= 11 is 0. The summed E-state index contributed by atoms with van der Waals surface area (Å²) in [5, 5.41) is 4.11. The minimum atomic E-state index is -4.22. The number of hydrogen-bond acceptors (Lipinski definition) is 2. The van der Waals surface area contributed by atoms with Crippen molar-refractivity contribution in [2.45, 2.75) is 51.4 Å². The molecule has 3 atom stereocenters. The van der Waals surface area contributed by atoms with E-state index in [0.717, 1.165) is 34.0 Å². The van der Waals surface area contributed by atoms with Crippen LogP contribution in [0.5, 0.6) is 0 Å². The molecule has 2 heterocycles. The summed E-state index contributed by atoms with van der Waals surface area (Å²) < 4.78 is 38.9. The van der Waals surface area contributed by atoms with E-state index in [1.807, 2.05) is 49.2 Å². The minimum absolute atomic E-state index is 0.0355. The molecule has 29 heavy (non-hydrogen) atoms. The van der Waals surface area contributed by atoms with Gasteiger partial charge in [0.25, 0.3) is 0 Å². The van der Waals surface area contributed by atoms with Crippen LogP contribution in [-0.2, 0) is 11.2 Å². The van der Waals surface area contributed by atoms with Crippen LogP contribution in [-0.4, -0.2) is 47.1 Å². The van der Waals surface area contributed by atoms with E-state index in [0.29, 0.717) is 13.0 Å².